The number of carbonyl (C=O) groups is 2. The first kappa shape index (κ1) is 20.3. The largest absolute Gasteiger partial charge is 0.360 e. The Balaban J connectivity index is 1.58. The lowest BCUT2D eigenvalue weighted by Gasteiger charge is -2.30. The van der Waals surface area contributed by atoms with E-state index < -0.39 is 0 Å². The molecule has 1 fully saturated rings. The number of nitrogens with zero attached hydrogens (tertiary/aromatic N) is 4. The molecule has 0 bridgehead atoms. The first-order valence-electron chi connectivity index (χ1n) is 9.84. The summed E-state index contributed by atoms with van der Waals surface area (Å²) in [6, 6.07) is 1.61. The molecule has 1 N–H and O–H groups in total. The Hall–Kier alpha value is -3.01. The molecule has 2 amide bonds. The summed E-state index contributed by atoms with van der Waals surface area (Å²) in [6.45, 7) is 7.00. The highest BCUT2D eigenvalue weighted by Crippen LogP contribution is 2.27. The predicted molar refractivity (Wildman–Crippen MR) is 113 cm³/mol. The third kappa shape index (κ3) is 3.87. The molecule has 30 heavy (non-hydrogen) atoms. The summed E-state index contributed by atoms with van der Waals surface area (Å²) in [6.07, 6.45) is 3.34. The normalized spacial score (nSPS) is 15.0. The van der Waals surface area contributed by atoms with Crippen LogP contribution in [0.15, 0.2) is 21.7 Å². The van der Waals surface area contributed by atoms with Crippen molar-refractivity contribution < 1.29 is 14.1 Å². The number of piperidine rings is 1. The number of anilines is 1. The number of nitrogens with one attached hydrogen (secondary N) is 1. The van der Waals surface area contributed by atoms with Crippen LogP contribution in [0, 0.1) is 19.8 Å². The summed E-state index contributed by atoms with van der Waals surface area (Å²) in [5.74, 6) is 1.04. The van der Waals surface area contributed by atoms with Crippen LogP contribution in [0.5, 0.6) is 0 Å². The molecular weight excluding hydrogens is 406 g/mol. The first-order chi connectivity index (χ1) is 14.3. The summed E-state index contributed by atoms with van der Waals surface area (Å²) >= 11 is 1.14. The number of hydrogen-bond acceptors (Lipinski definition) is 7. The van der Waals surface area contributed by atoms with Gasteiger partial charge in [0.15, 0.2) is 5.82 Å². The zero-order chi connectivity index (χ0) is 21.4. The summed E-state index contributed by atoms with van der Waals surface area (Å²) < 4.78 is 6.28. The number of aryl methyl sites for hydroxylation is 2. The van der Waals surface area contributed by atoms with E-state index >= 15 is 0 Å². The van der Waals surface area contributed by atoms with Gasteiger partial charge < -0.3 is 14.7 Å². The zero-order valence-electron chi connectivity index (χ0n) is 17.1. The number of thiophene rings is 1. The average Bonchev–Trinajstić information content (AvgIpc) is 3.27. The van der Waals surface area contributed by atoms with E-state index in [0.29, 0.717) is 51.2 Å². The minimum atomic E-state index is -0.381. The second kappa shape index (κ2) is 8.02. The van der Waals surface area contributed by atoms with Gasteiger partial charge in [0, 0.05) is 19.2 Å². The molecule has 3 aromatic heterocycles. The van der Waals surface area contributed by atoms with E-state index in [0.717, 1.165) is 24.2 Å². The second-order valence-corrected chi connectivity index (χ2v) is 8.75. The molecule has 1 aliphatic rings. The Kier molecular flexibility index (Phi) is 5.42. The van der Waals surface area contributed by atoms with E-state index in [2.05, 4.69) is 22.4 Å². The molecule has 10 heteroatoms. The van der Waals surface area contributed by atoms with Crippen molar-refractivity contribution in [1.82, 2.24) is 19.6 Å². The molecule has 0 atom stereocenters. The number of fused-ring (bicyclic) bond motifs is 1. The fraction of sp³-hybridized carbons (Fsp3) is 0.450. The first-order valence-corrected chi connectivity index (χ1v) is 10.7. The van der Waals surface area contributed by atoms with Crippen LogP contribution in [-0.4, -0.2) is 44.5 Å². The Morgan fingerprint density at radius 1 is 1.30 bits per heavy atom. The van der Waals surface area contributed by atoms with Crippen molar-refractivity contribution in [3.63, 3.8) is 0 Å². The van der Waals surface area contributed by atoms with Gasteiger partial charge in [0.1, 0.15) is 17.1 Å². The Morgan fingerprint density at radius 2 is 2.03 bits per heavy atom. The molecule has 4 heterocycles. The van der Waals surface area contributed by atoms with Crippen LogP contribution in [0.3, 0.4) is 0 Å². The van der Waals surface area contributed by atoms with E-state index in [-0.39, 0.29) is 23.9 Å². The molecule has 158 valence electrons. The number of aromatic nitrogens is 3. The van der Waals surface area contributed by atoms with Crippen molar-refractivity contribution in [3.8, 4) is 0 Å². The maximum Gasteiger partial charge on any atom is 0.267 e. The number of carbonyl (C=O) groups excluding carboxylic acids is 2. The average molecular weight is 430 g/mol. The van der Waals surface area contributed by atoms with E-state index in [4.69, 9.17) is 4.52 Å². The Morgan fingerprint density at radius 3 is 2.70 bits per heavy atom. The van der Waals surface area contributed by atoms with Gasteiger partial charge >= 0.3 is 0 Å². The van der Waals surface area contributed by atoms with Crippen LogP contribution < -0.4 is 10.9 Å². The lowest BCUT2D eigenvalue weighted by Crippen LogP contribution is -2.41. The van der Waals surface area contributed by atoms with E-state index in [1.165, 1.54) is 10.9 Å². The molecule has 0 unspecified atom stereocenters. The Bertz CT molecular complexity index is 1170. The summed E-state index contributed by atoms with van der Waals surface area (Å²) in [5.41, 5.74) is 0.225. The highest BCUT2D eigenvalue weighted by atomic mass is 32.1. The molecule has 0 saturated carbocycles. The van der Waals surface area contributed by atoms with Gasteiger partial charge in [0.05, 0.1) is 16.6 Å². The van der Waals surface area contributed by atoms with Gasteiger partial charge in [0.25, 0.3) is 11.5 Å². The molecule has 4 rings (SSSR count). The highest BCUT2D eigenvalue weighted by Gasteiger charge is 2.23. The van der Waals surface area contributed by atoms with Gasteiger partial charge in [-0.25, -0.2) is 4.98 Å². The molecule has 9 nitrogen and oxygen atoms in total. The van der Waals surface area contributed by atoms with Gasteiger partial charge in [-0.2, -0.15) is 0 Å². The number of rotatable bonds is 4. The van der Waals surface area contributed by atoms with Crippen LogP contribution in [0.4, 0.5) is 5.82 Å². The SMILES string of the molecule is Cc1cc(NC(=O)c2sc3ncn(CC(=O)N4CCC(C)CC4)c(=O)c3c2C)no1. The fourth-order valence-electron chi connectivity index (χ4n) is 3.59. The minimum absolute atomic E-state index is 0.0504. The quantitative estimate of drug-likeness (QED) is 0.682. The molecule has 0 aromatic carbocycles. The number of likely N-dealkylation sites (tertiary alicyclic amines) is 1. The maximum atomic E-state index is 13.0. The van der Waals surface area contributed by atoms with Crippen molar-refractivity contribution in [2.45, 2.75) is 40.2 Å². The summed E-state index contributed by atoms with van der Waals surface area (Å²) in [5, 5.41) is 6.78. The molecule has 1 saturated heterocycles. The highest BCUT2D eigenvalue weighted by molar-refractivity contribution is 7.20. The van der Waals surface area contributed by atoms with Gasteiger partial charge in [-0.1, -0.05) is 12.1 Å². The summed E-state index contributed by atoms with van der Waals surface area (Å²) in [4.78, 5) is 45.3. The molecule has 0 spiro atoms. The minimum Gasteiger partial charge on any atom is -0.360 e. The monoisotopic (exact) mass is 429 g/mol. The van der Waals surface area contributed by atoms with Gasteiger partial charge in [-0.05, 0) is 38.2 Å². The molecule has 0 aliphatic carbocycles. The molecule has 1 aliphatic heterocycles. The number of amides is 2. The predicted octanol–water partition coefficient (Wildman–Crippen LogP) is 2.57. The van der Waals surface area contributed by atoms with Gasteiger partial charge in [-0.15, -0.1) is 11.3 Å². The topological polar surface area (TPSA) is 110 Å². The molecule has 3 aromatic rings. The van der Waals surface area contributed by atoms with Crippen LogP contribution in [-0.2, 0) is 11.3 Å². The number of hydrogen-bond donors (Lipinski definition) is 1. The van der Waals surface area contributed by atoms with E-state index in [1.54, 1.807) is 24.8 Å². The standard InChI is InChI=1S/C20H23N5O4S/c1-11-4-6-24(7-5-11)15(26)9-25-10-21-19-16(20(25)28)13(3)17(30-19)18(27)22-14-8-12(2)29-23-14/h8,10-11H,4-7,9H2,1-3H3,(H,22,23,27). The third-order valence-corrected chi connectivity index (χ3v) is 6.63. The summed E-state index contributed by atoms with van der Waals surface area (Å²) in [7, 11) is 0. The van der Waals surface area contributed by atoms with Crippen molar-refractivity contribution in [1.29, 1.82) is 0 Å². The van der Waals surface area contributed by atoms with Crippen molar-refractivity contribution in [3.05, 3.63) is 38.9 Å². The lowest BCUT2D eigenvalue weighted by atomic mass is 9.99. The smallest absolute Gasteiger partial charge is 0.267 e. The molecule has 0 radical (unpaired) electrons. The lowest BCUT2D eigenvalue weighted by molar-refractivity contribution is -0.133. The van der Waals surface area contributed by atoms with E-state index in [9.17, 15) is 14.4 Å². The third-order valence-electron chi connectivity index (χ3n) is 5.44. The van der Waals surface area contributed by atoms with Crippen LogP contribution in [0.25, 0.3) is 10.2 Å². The molecular formula is C20H23N5O4S. The van der Waals surface area contributed by atoms with Crippen LogP contribution in [0.2, 0.25) is 0 Å². The van der Waals surface area contributed by atoms with Crippen molar-refractivity contribution >= 4 is 39.2 Å². The maximum absolute atomic E-state index is 13.0. The van der Waals surface area contributed by atoms with Crippen LogP contribution >= 0.6 is 11.3 Å². The second-order valence-electron chi connectivity index (χ2n) is 7.75. The van der Waals surface area contributed by atoms with Crippen molar-refractivity contribution in [2.24, 2.45) is 5.92 Å². The van der Waals surface area contributed by atoms with Crippen LogP contribution in [0.1, 0.15) is 40.8 Å². The van der Waals surface area contributed by atoms with Crippen molar-refractivity contribution in [2.75, 3.05) is 18.4 Å². The van der Waals surface area contributed by atoms with E-state index in [1.807, 2.05) is 0 Å². The fourth-order valence-corrected chi connectivity index (χ4v) is 4.63. The Labute approximate surface area is 176 Å². The van der Waals surface area contributed by atoms with Gasteiger partial charge in [-0.3, -0.25) is 19.0 Å². The zero-order valence-corrected chi connectivity index (χ0v) is 17.9. The van der Waals surface area contributed by atoms with Gasteiger partial charge in [0.2, 0.25) is 5.91 Å².